The Hall–Kier alpha value is -1.29. The van der Waals surface area contributed by atoms with Crippen molar-refractivity contribution in [2.24, 2.45) is 0 Å². The Morgan fingerprint density at radius 3 is 2.50 bits per heavy atom. The molecule has 2 aromatic rings. The van der Waals surface area contributed by atoms with Gasteiger partial charge in [-0.15, -0.1) is 0 Å². The highest BCUT2D eigenvalue weighted by Crippen LogP contribution is 2.26. The number of benzene rings is 1. The summed E-state index contributed by atoms with van der Waals surface area (Å²) < 4.78 is 25.1. The normalized spacial score (nSPS) is 12.5. The molecule has 2 rings (SSSR count). The minimum absolute atomic E-state index is 0.103. The fourth-order valence-electron chi connectivity index (χ4n) is 2.26. The van der Waals surface area contributed by atoms with Crippen molar-refractivity contribution in [1.82, 2.24) is 4.57 Å². The Morgan fingerprint density at radius 1 is 1.28 bits per heavy atom. The smallest absolute Gasteiger partial charge is 0.151 e. The van der Waals surface area contributed by atoms with Crippen molar-refractivity contribution >= 4 is 20.7 Å². The molecule has 0 aliphatic rings. The van der Waals surface area contributed by atoms with E-state index in [1.54, 1.807) is 0 Å². The quantitative estimate of drug-likeness (QED) is 0.855. The molecule has 0 N–H and O–H groups in total. The van der Waals surface area contributed by atoms with Crippen molar-refractivity contribution < 1.29 is 8.42 Å². The third-order valence-electron chi connectivity index (χ3n) is 3.05. The zero-order valence-corrected chi connectivity index (χ0v) is 12.1. The first kappa shape index (κ1) is 13.1. The van der Waals surface area contributed by atoms with E-state index in [1.807, 2.05) is 25.3 Å². The largest absolute Gasteiger partial charge is 0.345 e. The molecule has 4 heteroatoms. The van der Waals surface area contributed by atoms with Crippen molar-refractivity contribution in [3.8, 4) is 0 Å². The van der Waals surface area contributed by atoms with Crippen molar-refractivity contribution in [2.45, 2.75) is 32.6 Å². The van der Waals surface area contributed by atoms with Gasteiger partial charge in [0.25, 0.3) is 0 Å². The van der Waals surface area contributed by atoms with Crippen LogP contribution in [0.3, 0.4) is 0 Å². The van der Waals surface area contributed by atoms with Crippen LogP contribution < -0.4 is 0 Å². The Bertz CT molecular complexity index is 681. The van der Waals surface area contributed by atoms with Gasteiger partial charge in [-0.05, 0) is 38.0 Å². The molecule has 0 spiro atoms. The number of aromatic nitrogens is 1. The summed E-state index contributed by atoms with van der Waals surface area (Å²) in [5, 5.41) is 1.04. The van der Waals surface area contributed by atoms with Crippen molar-refractivity contribution in [3.63, 3.8) is 0 Å². The maximum atomic E-state index is 11.5. The maximum Gasteiger partial charge on any atom is 0.151 e. The van der Waals surface area contributed by atoms with Gasteiger partial charge < -0.3 is 4.57 Å². The van der Waals surface area contributed by atoms with Gasteiger partial charge in [0, 0.05) is 29.4 Å². The Morgan fingerprint density at radius 2 is 1.94 bits per heavy atom. The van der Waals surface area contributed by atoms with E-state index in [-0.39, 0.29) is 5.75 Å². The van der Waals surface area contributed by atoms with Gasteiger partial charge in [-0.1, -0.05) is 12.1 Å². The van der Waals surface area contributed by atoms with E-state index in [1.165, 1.54) is 11.8 Å². The third kappa shape index (κ3) is 2.58. The summed E-state index contributed by atoms with van der Waals surface area (Å²) in [6.45, 7) is 6.26. The summed E-state index contributed by atoms with van der Waals surface area (Å²) in [5.74, 6) is 0.103. The van der Waals surface area contributed by atoms with E-state index in [0.717, 1.165) is 16.5 Å². The summed E-state index contributed by atoms with van der Waals surface area (Å²) in [4.78, 5) is 0. The predicted octanol–water partition coefficient (Wildman–Crippen LogP) is 3.08. The molecule has 0 bridgehead atoms. The fraction of sp³-hybridized carbons (Fsp3) is 0.429. The third-order valence-corrected chi connectivity index (χ3v) is 3.88. The molecular formula is C14H19NO2S. The van der Waals surface area contributed by atoms with Crippen LogP contribution in [0.25, 0.3) is 10.9 Å². The van der Waals surface area contributed by atoms with E-state index in [2.05, 4.69) is 24.5 Å². The molecule has 1 heterocycles. The van der Waals surface area contributed by atoms with Gasteiger partial charge in [0.1, 0.15) is 0 Å². The van der Waals surface area contributed by atoms with E-state index in [4.69, 9.17) is 0 Å². The lowest BCUT2D eigenvalue weighted by molar-refractivity contribution is 0.600. The second-order valence-corrected chi connectivity index (χ2v) is 7.39. The second kappa shape index (κ2) is 4.43. The van der Waals surface area contributed by atoms with Crippen LogP contribution in [0.1, 0.15) is 31.0 Å². The average Bonchev–Trinajstić information content (AvgIpc) is 2.54. The highest BCUT2D eigenvalue weighted by atomic mass is 32.2. The molecular weight excluding hydrogens is 246 g/mol. The van der Waals surface area contributed by atoms with Crippen LogP contribution in [0.4, 0.5) is 0 Å². The molecule has 0 atom stereocenters. The Kier molecular flexibility index (Phi) is 3.23. The standard InChI is InChI=1S/C14H19NO2S/c1-10(2)15-8-12(9-18(4,16)17)13-6-5-11(3)7-14(13)15/h5-8,10H,9H2,1-4H3. The minimum atomic E-state index is -3.00. The Labute approximate surface area is 108 Å². The van der Waals surface area contributed by atoms with Gasteiger partial charge in [0.05, 0.1) is 5.75 Å². The van der Waals surface area contributed by atoms with Crippen LogP contribution in [-0.2, 0) is 15.6 Å². The molecule has 0 saturated carbocycles. The number of hydrogen-bond donors (Lipinski definition) is 0. The average molecular weight is 265 g/mol. The number of fused-ring (bicyclic) bond motifs is 1. The lowest BCUT2D eigenvalue weighted by atomic mass is 10.1. The maximum absolute atomic E-state index is 11.5. The molecule has 0 amide bonds. The van der Waals surface area contributed by atoms with E-state index >= 15 is 0 Å². The number of aryl methyl sites for hydroxylation is 1. The van der Waals surface area contributed by atoms with E-state index in [9.17, 15) is 8.42 Å². The molecule has 0 unspecified atom stereocenters. The molecule has 1 aromatic heterocycles. The molecule has 1 aromatic carbocycles. The highest BCUT2D eigenvalue weighted by Gasteiger charge is 2.14. The summed E-state index contributed by atoms with van der Waals surface area (Å²) in [5.41, 5.74) is 3.19. The number of nitrogens with zero attached hydrogens (tertiary/aromatic N) is 1. The van der Waals surface area contributed by atoms with Gasteiger partial charge >= 0.3 is 0 Å². The fourth-order valence-corrected chi connectivity index (χ4v) is 3.05. The summed E-state index contributed by atoms with van der Waals surface area (Å²) >= 11 is 0. The number of sulfone groups is 1. The minimum Gasteiger partial charge on any atom is -0.345 e. The Balaban J connectivity index is 2.68. The van der Waals surface area contributed by atoms with Gasteiger partial charge in [-0.2, -0.15) is 0 Å². The number of hydrogen-bond acceptors (Lipinski definition) is 2. The van der Waals surface area contributed by atoms with Crippen LogP contribution in [0.2, 0.25) is 0 Å². The molecule has 98 valence electrons. The number of rotatable bonds is 3. The van der Waals surface area contributed by atoms with Crippen LogP contribution in [0.5, 0.6) is 0 Å². The molecule has 0 fully saturated rings. The van der Waals surface area contributed by atoms with E-state index in [0.29, 0.717) is 6.04 Å². The molecule has 0 saturated heterocycles. The zero-order valence-electron chi connectivity index (χ0n) is 11.3. The molecule has 18 heavy (non-hydrogen) atoms. The SMILES string of the molecule is Cc1ccc2c(CS(C)(=O)=O)cn(C(C)C)c2c1. The molecule has 3 nitrogen and oxygen atoms in total. The van der Waals surface area contributed by atoms with Crippen LogP contribution in [0.15, 0.2) is 24.4 Å². The molecule has 0 aliphatic carbocycles. The van der Waals surface area contributed by atoms with Gasteiger partial charge in [0.2, 0.25) is 0 Å². The van der Waals surface area contributed by atoms with Gasteiger partial charge in [-0.3, -0.25) is 0 Å². The predicted molar refractivity (Wildman–Crippen MR) is 75.6 cm³/mol. The first-order valence-electron chi connectivity index (χ1n) is 6.06. The van der Waals surface area contributed by atoms with Gasteiger partial charge in [-0.25, -0.2) is 8.42 Å². The molecule has 0 aliphatic heterocycles. The van der Waals surface area contributed by atoms with Crippen molar-refractivity contribution in [1.29, 1.82) is 0 Å². The lowest BCUT2D eigenvalue weighted by Crippen LogP contribution is -2.01. The summed E-state index contributed by atoms with van der Waals surface area (Å²) in [6, 6.07) is 6.48. The first-order chi connectivity index (χ1) is 8.28. The van der Waals surface area contributed by atoms with E-state index < -0.39 is 9.84 Å². The monoisotopic (exact) mass is 265 g/mol. The van der Waals surface area contributed by atoms with Crippen molar-refractivity contribution in [3.05, 3.63) is 35.5 Å². The van der Waals surface area contributed by atoms with Crippen LogP contribution in [-0.4, -0.2) is 19.2 Å². The first-order valence-corrected chi connectivity index (χ1v) is 8.12. The van der Waals surface area contributed by atoms with Crippen molar-refractivity contribution in [2.75, 3.05) is 6.26 Å². The molecule has 0 radical (unpaired) electrons. The summed E-state index contributed by atoms with van der Waals surface area (Å²) in [7, 11) is -3.00. The van der Waals surface area contributed by atoms with Crippen LogP contribution in [0, 0.1) is 6.92 Å². The zero-order chi connectivity index (χ0) is 13.5. The summed E-state index contributed by atoms with van der Waals surface area (Å²) in [6.07, 6.45) is 3.25. The highest BCUT2D eigenvalue weighted by molar-refractivity contribution is 7.89. The topological polar surface area (TPSA) is 39.1 Å². The van der Waals surface area contributed by atoms with Gasteiger partial charge in [0.15, 0.2) is 9.84 Å². The lowest BCUT2D eigenvalue weighted by Gasteiger charge is -2.09. The van der Waals surface area contributed by atoms with Crippen LogP contribution >= 0.6 is 0 Å². The second-order valence-electron chi connectivity index (χ2n) is 5.25.